The highest BCUT2D eigenvalue weighted by Gasteiger charge is 2.20. The lowest BCUT2D eigenvalue weighted by Crippen LogP contribution is -2.39. The highest BCUT2D eigenvalue weighted by molar-refractivity contribution is 9.10. The van der Waals surface area contributed by atoms with E-state index in [2.05, 4.69) is 15.9 Å². The molecule has 0 bridgehead atoms. The Balaban J connectivity index is 2.85. The molecule has 0 radical (unpaired) electrons. The molecule has 1 aromatic rings. The Hall–Kier alpha value is -0.580. The fourth-order valence-electron chi connectivity index (χ4n) is 1.50. The van der Waals surface area contributed by atoms with Gasteiger partial charge in [-0.25, -0.2) is 0 Å². The van der Waals surface area contributed by atoms with E-state index >= 15 is 0 Å². The fourth-order valence-corrected chi connectivity index (χ4v) is 2.00. The lowest BCUT2D eigenvalue weighted by molar-refractivity contribution is 0.0368. The van der Waals surface area contributed by atoms with Crippen LogP contribution in [0.2, 0.25) is 5.02 Å². The SMILES string of the molecule is CN(CC(C)(C)O)C(=O)c1ccc(Cl)c(Br)c1. The largest absolute Gasteiger partial charge is 0.389 e. The first-order valence-electron chi connectivity index (χ1n) is 5.13. The third-order valence-corrected chi connectivity index (χ3v) is 3.35. The average molecular weight is 321 g/mol. The third-order valence-electron chi connectivity index (χ3n) is 2.14. The summed E-state index contributed by atoms with van der Waals surface area (Å²) in [6.07, 6.45) is 0. The van der Waals surface area contributed by atoms with Crippen LogP contribution < -0.4 is 0 Å². The fraction of sp³-hybridized carbons (Fsp3) is 0.417. The van der Waals surface area contributed by atoms with Crippen LogP contribution in [0.5, 0.6) is 0 Å². The monoisotopic (exact) mass is 319 g/mol. The van der Waals surface area contributed by atoms with Crippen molar-refractivity contribution in [2.45, 2.75) is 19.4 Å². The van der Waals surface area contributed by atoms with Crippen LogP contribution >= 0.6 is 27.5 Å². The molecule has 0 saturated heterocycles. The van der Waals surface area contributed by atoms with Crippen molar-refractivity contribution in [3.05, 3.63) is 33.3 Å². The second kappa shape index (κ2) is 5.38. The standard InChI is InChI=1S/C12H15BrClNO2/c1-12(2,17)7-15(3)11(16)8-4-5-10(14)9(13)6-8/h4-6,17H,7H2,1-3H3. The van der Waals surface area contributed by atoms with Crippen molar-refractivity contribution in [2.24, 2.45) is 0 Å². The van der Waals surface area contributed by atoms with Crippen molar-refractivity contribution in [2.75, 3.05) is 13.6 Å². The van der Waals surface area contributed by atoms with Gasteiger partial charge in [0.25, 0.3) is 5.91 Å². The highest BCUT2D eigenvalue weighted by Crippen LogP contribution is 2.23. The first-order chi connectivity index (χ1) is 7.70. The Morgan fingerprint density at radius 2 is 2.12 bits per heavy atom. The van der Waals surface area contributed by atoms with Gasteiger partial charge in [0, 0.05) is 23.6 Å². The maximum atomic E-state index is 12.0. The van der Waals surface area contributed by atoms with E-state index in [9.17, 15) is 9.90 Å². The van der Waals surface area contributed by atoms with Crippen LogP contribution in [0.4, 0.5) is 0 Å². The molecule has 0 saturated carbocycles. The molecule has 94 valence electrons. The number of halogens is 2. The summed E-state index contributed by atoms with van der Waals surface area (Å²) in [5.41, 5.74) is -0.373. The molecule has 3 nitrogen and oxygen atoms in total. The maximum Gasteiger partial charge on any atom is 0.253 e. The number of benzene rings is 1. The van der Waals surface area contributed by atoms with E-state index in [4.69, 9.17) is 11.6 Å². The van der Waals surface area contributed by atoms with Crippen LogP contribution in [0.15, 0.2) is 22.7 Å². The summed E-state index contributed by atoms with van der Waals surface area (Å²) < 4.78 is 0.682. The Bertz CT molecular complexity index is 429. The molecule has 0 atom stereocenters. The number of carbonyl (C=O) groups excluding carboxylic acids is 1. The highest BCUT2D eigenvalue weighted by atomic mass is 79.9. The van der Waals surface area contributed by atoms with E-state index < -0.39 is 5.60 Å². The second-order valence-corrected chi connectivity index (χ2v) is 5.86. The van der Waals surface area contributed by atoms with Gasteiger partial charge in [-0.3, -0.25) is 4.79 Å². The number of aliphatic hydroxyl groups is 1. The number of amides is 1. The Morgan fingerprint density at radius 3 is 2.59 bits per heavy atom. The van der Waals surface area contributed by atoms with Crippen LogP contribution in [0.3, 0.4) is 0 Å². The number of carbonyl (C=O) groups is 1. The summed E-state index contributed by atoms with van der Waals surface area (Å²) in [5, 5.41) is 10.2. The van der Waals surface area contributed by atoms with E-state index in [1.807, 2.05) is 0 Å². The molecule has 1 aromatic carbocycles. The zero-order chi connectivity index (χ0) is 13.2. The van der Waals surface area contributed by atoms with Gasteiger partial charge < -0.3 is 10.0 Å². The molecule has 0 aliphatic rings. The molecular formula is C12H15BrClNO2. The van der Waals surface area contributed by atoms with E-state index in [-0.39, 0.29) is 12.5 Å². The predicted molar refractivity (Wildman–Crippen MR) is 72.4 cm³/mol. The molecule has 0 aromatic heterocycles. The van der Waals surface area contributed by atoms with Crippen LogP contribution in [0.1, 0.15) is 24.2 Å². The minimum Gasteiger partial charge on any atom is -0.389 e. The predicted octanol–water partition coefficient (Wildman–Crippen LogP) is 2.95. The van der Waals surface area contributed by atoms with E-state index in [0.717, 1.165) is 0 Å². The van der Waals surface area contributed by atoms with E-state index in [0.29, 0.717) is 15.1 Å². The van der Waals surface area contributed by atoms with Crippen LogP contribution in [0.25, 0.3) is 0 Å². The van der Waals surface area contributed by atoms with Crippen molar-refractivity contribution in [1.29, 1.82) is 0 Å². The molecule has 0 aliphatic heterocycles. The summed E-state index contributed by atoms with van der Waals surface area (Å²) in [6.45, 7) is 3.59. The summed E-state index contributed by atoms with van der Waals surface area (Å²) >= 11 is 9.13. The van der Waals surface area contributed by atoms with E-state index in [1.54, 1.807) is 39.1 Å². The van der Waals surface area contributed by atoms with Gasteiger partial charge in [-0.05, 0) is 48.0 Å². The lowest BCUT2D eigenvalue weighted by Gasteiger charge is -2.25. The Morgan fingerprint density at radius 1 is 1.53 bits per heavy atom. The molecule has 1 amide bonds. The first-order valence-corrected chi connectivity index (χ1v) is 6.31. The molecular weight excluding hydrogens is 305 g/mol. The molecule has 0 spiro atoms. The molecule has 0 fully saturated rings. The van der Waals surface area contributed by atoms with Gasteiger partial charge in [0.05, 0.1) is 10.6 Å². The average Bonchev–Trinajstić information content (AvgIpc) is 2.18. The van der Waals surface area contributed by atoms with Crippen molar-refractivity contribution >= 4 is 33.4 Å². The van der Waals surface area contributed by atoms with Crippen molar-refractivity contribution < 1.29 is 9.90 Å². The number of rotatable bonds is 3. The van der Waals surface area contributed by atoms with Crippen molar-refractivity contribution in [1.82, 2.24) is 4.90 Å². The smallest absolute Gasteiger partial charge is 0.253 e. The third kappa shape index (κ3) is 4.30. The molecule has 0 heterocycles. The number of hydrogen-bond acceptors (Lipinski definition) is 2. The number of likely N-dealkylation sites (N-methyl/N-ethyl adjacent to an activating group) is 1. The van der Waals surface area contributed by atoms with Crippen LogP contribution in [-0.4, -0.2) is 35.1 Å². The quantitative estimate of drug-likeness (QED) is 0.930. The number of nitrogens with zero attached hydrogens (tertiary/aromatic N) is 1. The zero-order valence-electron chi connectivity index (χ0n) is 10.00. The molecule has 0 aliphatic carbocycles. The maximum absolute atomic E-state index is 12.0. The molecule has 5 heteroatoms. The van der Waals surface area contributed by atoms with Gasteiger partial charge in [0.1, 0.15) is 0 Å². The lowest BCUT2D eigenvalue weighted by atomic mass is 10.1. The molecule has 0 unspecified atom stereocenters. The Kier molecular flexibility index (Phi) is 4.58. The van der Waals surface area contributed by atoms with Gasteiger partial charge in [0.2, 0.25) is 0 Å². The van der Waals surface area contributed by atoms with Gasteiger partial charge in [-0.15, -0.1) is 0 Å². The second-order valence-electron chi connectivity index (χ2n) is 4.60. The summed E-state index contributed by atoms with van der Waals surface area (Å²) in [6, 6.07) is 5.00. The molecule has 17 heavy (non-hydrogen) atoms. The summed E-state index contributed by atoms with van der Waals surface area (Å²) in [7, 11) is 1.66. The van der Waals surface area contributed by atoms with Crippen molar-refractivity contribution in [3.63, 3.8) is 0 Å². The Labute approximate surface area is 115 Å². The molecule has 1 N–H and O–H groups in total. The van der Waals surface area contributed by atoms with Crippen LogP contribution in [-0.2, 0) is 0 Å². The summed E-state index contributed by atoms with van der Waals surface area (Å²) in [5.74, 6) is -0.149. The summed E-state index contributed by atoms with van der Waals surface area (Å²) in [4.78, 5) is 13.5. The van der Waals surface area contributed by atoms with Gasteiger partial charge in [0.15, 0.2) is 0 Å². The normalized spacial score (nSPS) is 11.4. The van der Waals surface area contributed by atoms with Crippen LogP contribution in [0, 0.1) is 0 Å². The van der Waals surface area contributed by atoms with Gasteiger partial charge >= 0.3 is 0 Å². The topological polar surface area (TPSA) is 40.5 Å². The number of hydrogen-bond donors (Lipinski definition) is 1. The van der Waals surface area contributed by atoms with E-state index in [1.165, 1.54) is 4.90 Å². The van der Waals surface area contributed by atoms with Crippen molar-refractivity contribution in [3.8, 4) is 0 Å². The van der Waals surface area contributed by atoms with Gasteiger partial charge in [-0.2, -0.15) is 0 Å². The minimum absolute atomic E-state index is 0.149. The minimum atomic E-state index is -0.909. The van der Waals surface area contributed by atoms with Gasteiger partial charge in [-0.1, -0.05) is 11.6 Å². The zero-order valence-corrected chi connectivity index (χ0v) is 12.3. The molecule has 1 rings (SSSR count). The first kappa shape index (κ1) is 14.5.